The Morgan fingerprint density at radius 2 is 1.96 bits per heavy atom. The lowest BCUT2D eigenvalue weighted by atomic mass is 10.2. The third kappa shape index (κ3) is 6.48. The molecular weight excluding hydrogens is 427 g/mol. The fraction of sp³-hybridized carbons (Fsp3) is 0.400. The average molecular weight is 452 g/mol. The quantitative estimate of drug-likeness (QED) is 0.287. The lowest BCUT2D eigenvalue weighted by molar-refractivity contribution is 0.519. The molecule has 1 aromatic carbocycles. The predicted molar refractivity (Wildman–Crippen MR) is 106 cm³/mol. The Morgan fingerprint density at radius 1 is 1.30 bits per heavy atom. The predicted octanol–water partition coefficient (Wildman–Crippen LogP) is 1.80. The summed E-state index contributed by atoms with van der Waals surface area (Å²) in [5, 5.41) is 6.18. The summed E-state index contributed by atoms with van der Waals surface area (Å²) in [7, 11) is -0.440. The summed E-state index contributed by atoms with van der Waals surface area (Å²) < 4.78 is 25.9. The number of hydrogen-bond donors (Lipinski definition) is 2. The minimum absolute atomic E-state index is 0. The van der Waals surface area contributed by atoms with Crippen molar-refractivity contribution in [2.24, 2.45) is 4.99 Å². The van der Waals surface area contributed by atoms with E-state index in [-0.39, 0.29) is 35.4 Å². The van der Waals surface area contributed by atoms with Crippen LogP contribution in [0.3, 0.4) is 0 Å². The molecule has 2 N–H and O–H groups in total. The highest BCUT2D eigenvalue weighted by atomic mass is 127. The number of aliphatic imine (C=N–C) groups is 1. The van der Waals surface area contributed by atoms with E-state index in [1.807, 2.05) is 13.0 Å². The Hall–Kier alpha value is -1.13. The normalized spacial score (nSPS) is 11.7. The fourth-order valence-corrected chi connectivity index (χ4v) is 2.87. The molecule has 0 aliphatic heterocycles. The van der Waals surface area contributed by atoms with E-state index in [1.165, 1.54) is 18.4 Å². The Balaban J connectivity index is 0.00000484. The lowest BCUT2D eigenvalue weighted by Gasteiger charge is -2.15. The maximum Gasteiger partial charge on any atom is 0.242 e. The van der Waals surface area contributed by atoms with Crippen LogP contribution in [0, 0.1) is 0 Å². The summed E-state index contributed by atoms with van der Waals surface area (Å²) in [6.07, 6.45) is 1.73. The van der Waals surface area contributed by atoms with Crippen LogP contribution in [-0.2, 0) is 16.6 Å². The van der Waals surface area contributed by atoms with Crippen molar-refractivity contribution in [1.29, 1.82) is 0 Å². The summed E-state index contributed by atoms with van der Waals surface area (Å²) >= 11 is 0. The number of guanidine groups is 1. The van der Waals surface area contributed by atoms with E-state index in [9.17, 15) is 8.42 Å². The van der Waals surface area contributed by atoms with Crippen LogP contribution < -0.4 is 10.6 Å². The van der Waals surface area contributed by atoms with E-state index < -0.39 is 10.0 Å². The molecule has 1 rings (SSSR count). The Labute approximate surface area is 156 Å². The number of hydrogen-bond acceptors (Lipinski definition) is 3. The van der Waals surface area contributed by atoms with Crippen molar-refractivity contribution in [2.75, 3.05) is 27.2 Å². The maximum absolute atomic E-state index is 12.3. The first-order chi connectivity index (χ1) is 10.4. The largest absolute Gasteiger partial charge is 0.357 e. The number of nitrogens with one attached hydrogen (secondary N) is 2. The summed E-state index contributed by atoms with van der Waals surface area (Å²) in [5.74, 6) is 0.624. The van der Waals surface area contributed by atoms with Gasteiger partial charge in [-0.1, -0.05) is 24.3 Å². The van der Waals surface area contributed by atoms with Gasteiger partial charge in [0, 0.05) is 27.2 Å². The highest BCUT2D eigenvalue weighted by molar-refractivity contribution is 14.0. The first kappa shape index (κ1) is 21.9. The topological polar surface area (TPSA) is 73.8 Å². The van der Waals surface area contributed by atoms with Gasteiger partial charge in [0.25, 0.3) is 0 Å². The van der Waals surface area contributed by atoms with Gasteiger partial charge in [-0.2, -0.15) is 0 Å². The van der Waals surface area contributed by atoms with Crippen LogP contribution in [-0.4, -0.2) is 45.9 Å². The maximum atomic E-state index is 12.3. The molecule has 0 aliphatic rings. The molecule has 0 unspecified atom stereocenters. The van der Waals surface area contributed by atoms with E-state index in [2.05, 4.69) is 22.2 Å². The minimum atomic E-state index is -3.48. The SMILES string of the molecule is C=CCNC(=NCc1ccccc1S(=O)(=O)N(C)C)NCC.I. The molecule has 0 saturated heterocycles. The van der Waals surface area contributed by atoms with E-state index >= 15 is 0 Å². The van der Waals surface area contributed by atoms with Crippen LogP contribution in [0.5, 0.6) is 0 Å². The molecule has 0 aromatic heterocycles. The molecule has 0 fully saturated rings. The minimum Gasteiger partial charge on any atom is -0.357 e. The van der Waals surface area contributed by atoms with Gasteiger partial charge in [0.15, 0.2) is 5.96 Å². The molecular formula is C15H25IN4O2S. The zero-order valence-corrected chi connectivity index (χ0v) is 16.9. The molecule has 23 heavy (non-hydrogen) atoms. The van der Waals surface area contributed by atoms with E-state index in [0.717, 1.165) is 6.54 Å². The van der Waals surface area contributed by atoms with Crippen LogP contribution in [0.25, 0.3) is 0 Å². The van der Waals surface area contributed by atoms with Crippen LogP contribution >= 0.6 is 24.0 Å². The van der Waals surface area contributed by atoms with Gasteiger partial charge in [0.1, 0.15) is 0 Å². The van der Waals surface area contributed by atoms with Crippen molar-refractivity contribution < 1.29 is 8.42 Å². The Kier molecular flexibility index (Phi) is 10.1. The van der Waals surface area contributed by atoms with Crippen LogP contribution in [0.2, 0.25) is 0 Å². The third-order valence-corrected chi connectivity index (χ3v) is 4.81. The molecule has 8 heteroatoms. The molecule has 0 amide bonds. The van der Waals surface area contributed by atoms with Crippen LogP contribution in [0.1, 0.15) is 12.5 Å². The third-order valence-electron chi connectivity index (χ3n) is 2.90. The smallest absolute Gasteiger partial charge is 0.242 e. The van der Waals surface area contributed by atoms with Gasteiger partial charge in [0.2, 0.25) is 10.0 Å². The van der Waals surface area contributed by atoms with E-state index in [1.54, 1.807) is 24.3 Å². The van der Waals surface area contributed by atoms with Crippen molar-refractivity contribution >= 4 is 40.0 Å². The average Bonchev–Trinajstić information content (AvgIpc) is 2.50. The first-order valence-corrected chi connectivity index (χ1v) is 8.51. The van der Waals surface area contributed by atoms with Crippen LogP contribution in [0.15, 0.2) is 46.8 Å². The van der Waals surface area contributed by atoms with Gasteiger partial charge in [0.05, 0.1) is 11.4 Å². The number of nitrogens with zero attached hydrogens (tertiary/aromatic N) is 2. The molecule has 0 heterocycles. The van der Waals surface area contributed by atoms with Crippen molar-refractivity contribution in [3.8, 4) is 0 Å². The van der Waals surface area contributed by atoms with E-state index in [4.69, 9.17) is 0 Å². The van der Waals surface area contributed by atoms with Gasteiger partial charge < -0.3 is 10.6 Å². The first-order valence-electron chi connectivity index (χ1n) is 7.07. The Morgan fingerprint density at radius 3 is 2.52 bits per heavy atom. The fourth-order valence-electron chi connectivity index (χ4n) is 1.76. The van der Waals surface area contributed by atoms with Crippen LogP contribution in [0.4, 0.5) is 0 Å². The summed E-state index contributed by atoms with van der Waals surface area (Å²) in [6.45, 7) is 7.20. The molecule has 0 aliphatic carbocycles. The van der Waals surface area contributed by atoms with Crippen molar-refractivity contribution in [1.82, 2.24) is 14.9 Å². The van der Waals surface area contributed by atoms with Gasteiger partial charge in [-0.25, -0.2) is 17.7 Å². The molecule has 0 bridgehead atoms. The van der Waals surface area contributed by atoms with Gasteiger partial charge in [-0.15, -0.1) is 30.6 Å². The lowest BCUT2D eigenvalue weighted by Crippen LogP contribution is -2.37. The second-order valence-electron chi connectivity index (χ2n) is 4.76. The number of benzene rings is 1. The number of rotatable bonds is 7. The van der Waals surface area contributed by atoms with Gasteiger partial charge >= 0.3 is 0 Å². The summed E-state index contributed by atoms with van der Waals surface area (Å²) in [5.41, 5.74) is 0.659. The monoisotopic (exact) mass is 452 g/mol. The highest BCUT2D eigenvalue weighted by Crippen LogP contribution is 2.19. The van der Waals surface area contributed by atoms with Crippen molar-refractivity contribution in [2.45, 2.75) is 18.4 Å². The molecule has 6 nitrogen and oxygen atoms in total. The number of sulfonamides is 1. The summed E-state index contributed by atoms with van der Waals surface area (Å²) in [4.78, 5) is 4.70. The molecule has 0 radical (unpaired) electrons. The zero-order chi connectivity index (χ0) is 16.6. The molecule has 0 spiro atoms. The molecule has 1 aromatic rings. The Bertz CT molecular complexity index is 630. The molecule has 130 valence electrons. The summed E-state index contributed by atoms with van der Waals surface area (Å²) in [6, 6.07) is 6.90. The molecule has 0 saturated carbocycles. The second-order valence-corrected chi connectivity index (χ2v) is 6.88. The van der Waals surface area contributed by atoms with E-state index in [0.29, 0.717) is 18.1 Å². The van der Waals surface area contributed by atoms with Crippen molar-refractivity contribution in [3.63, 3.8) is 0 Å². The van der Waals surface area contributed by atoms with Gasteiger partial charge in [-0.05, 0) is 18.6 Å². The van der Waals surface area contributed by atoms with Crippen molar-refractivity contribution in [3.05, 3.63) is 42.5 Å². The van der Waals surface area contributed by atoms with Gasteiger partial charge in [-0.3, -0.25) is 0 Å². The second kappa shape index (κ2) is 10.6. The highest BCUT2D eigenvalue weighted by Gasteiger charge is 2.20. The zero-order valence-electron chi connectivity index (χ0n) is 13.7. The number of halogens is 1. The molecule has 0 atom stereocenters. The standard InChI is InChI=1S/C15H24N4O2S.HI/c1-5-11-17-15(16-6-2)18-12-13-9-7-8-10-14(13)22(20,21)19(3)4;/h5,7-10H,1,6,11-12H2,2-4H3,(H2,16,17,18);1H.